The molecule has 0 aromatic carbocycles. The van der Waals surface area contributed by atoms with Crippen molar-refractivity contribution < 1.29 is 5.11 Å². The molecule has 0 bridgehead atoms. The second-order valence-corrected chi connectivity index (χ2v) is 6.08. The molecule has 1 aliphatic heterocycles. The molecule has 1 aromatic heterocycles. The molecule has 0 radical (unpaired) electrons. The predicted molar refractivity (Wildman–Crippen MR) is 78.6 cm³/mol. The number of piperazine rings is 1. The fourth-order valence-corrected chi connectivity index (χ4v) is 2.54. The second-order valence-electron chi connectivity index (χ2n) is 5.64. The molecule has 0 unspecified atom stereocenters. The van der Waals surface area contributed by atoms with Crippen LogP contribution in [0, 0.1) is 0 Å². The van der Waals surface area contributed by atoms with Gasteiger partial charge in [0.1, 0.15) is 0 Å². The molecule has 0 atom stereocenters. The van der Waals surface area contributed by atoms with Gasteiger partial charge in [-0.05, 0) is 19.9 Å². The molecule has 1 aliphatic rings. The van der Waals surface area contributed by atoms with Crippen LogP contribution in [0.4, 0.5) is 11.5 Å². The Balaban J connectivity index is 1.96. The van der Waals surface area contributed by atoms with E-state index in [-0.39, 0.29) is 0 Å². The number of hydrogen-bond donors (Lipinski definition) is 2. The SMILES string of the molecule is CC(C)(O)CN1CCN(c2ncc(Cl)cc2N)CC1. The zero-order valence-corrected chi connectivity index (χ0v) is 12.2. The van der Waals surface area contributed by atoms with Crippen LogP contribution in [0.1, 0.15) is 13.8 Å². The highest BCUT2D eigenvalue weighted by atomic mass is 35.5. The van der Waals surface area contributed by atoms with Crippen molar-refractivity contribution >= 4 is 23.1 Å². The molecule has 2 heterocycles. The van der Waals surface area contributed by atoms with E-state index in [1.54, 1.807) is 12.3 Å². The maximum absolute atomic E-state index is 9.83. The Morgan fingerprint density at radius 3 is 2.53 bits per heavy atom. The van der Waals surface area contributed by atoms with E-state index in [1.165, 1.54) is 0 Å². The number of β-amino-alcohol motifs (C(OH)–C–C–N with tert-alkyl or cyclic N) is 1. The summed E-state index contributed by atoms with van der Waals surface area (Å²) in [6, 6.07) is 1.73. The Labute approximate surface area is 119 Å². The van der Waals surface area contributed by atoms with Gasteiger partial charge in [-0.15, -0.1) is 0 Å². The van der Waals surface area contributed by atoms with Gasteiger partial charge < -0.3 is 15.7 Å². The molecular weight excluding hydrogens is 264 g/mol. The van der Waals surface area contributed by atoms with Gasteiger partial charge in [0.2, 0.25) is 0 Å². The molecule has 1 aromatic rings. The number of aliphatic hydroxyl groups is 1. The van der Waals surface area contributed by atoms with E-state index < -0.39 is 5.60 Å². The van der Waals surface area contributed by atoms with Gasteiger partial charge in [-0.2, -0.15) is 0 Å². The lowest BCUT2D eigenvalue weighted by molar-refractivity contribution is 0.0345. The summed E-state index contributed by atoms with van der Waals surface area (Å²) in [6.07, 6.45) is 1.62. The lowest BCUT2D eigenvalue weighted by Gasteiger charge is -2.38. The summed E-state index contributed by atoms with van der Waals surface area (Å²) in [4.78, 5) is 8.71. The quantitative estimate of drug-likeness (QED) is 0.873. The molecule has 1 fully saturated rings. The van der Waals surface area contributed by atoms with Gasteiger partial charge in [-0.1, -0.05) is 11.6 Å². The molecule has 1 saturated heterocycles. The minimum Gasteiger partial charge on any atom is -0.396 e. The Hall–Kier alpha value is -1.04. The molecule has 5 nitrogen and oxygen atoms in total. The summed E-state index contributed by atoms with van der Waals surface area (Å²) in [5, 5.41) is 10.4. The van der Waals surface area contributed by atoms with Crippen LogP contribution in [0.15, 0.2) is 12.3 Å². The van der Waals surface area contributed by atoms with Crippen molar-refractivity contribution in [1.29, 1.82) is 0 Å². The number of hydrogen-bond acceptors (Lipinski definition) is 5. The summed E-state index contributed by atoms with van der Waals surface area (Å²) >= 11 is 5.85. The predicted octanol–water partition coefficient (Wildman–Crippen LogP) is 1.21. The van der Waals surface area contributed by atoms with Crippen LogP contribution in [0.5, 0.6) is 0 Å². The van der Waals surface area contributed by atoms with Gasteiger partial charge in [0.25, 0.3) is 0 Å². The molecule has 0 spiro atoms. The lowest BCUT2D eigenvalue weighted by Crippen LogP contribution is -2.50. The monoisotopic (exact) mass is 284 g/mol. The topological polar surface area (TPSA) is 65.6 Å². The summed E-state index contributed by atoms with van der Waals surface area (Å²) in [6.45, 7) is 7.85. The summed E-state index contributed by atoms with van der Waals surface area (Å²) in [5.41, 5.74) is 5.91. The van der Waals surface area contributed by atoms with Gasteiger partial charge in [0, 0.05) is 38.9 Å². The molecular formula is C13H21ClN4O. The standard InChI is InChI=1S/C13H21ClN4O/c1-13(2,19)9-17-3-5-18(6-4-17)12-11(15)7-10(14)8-16-12/h7-8,19H,3-6,9,15H2,1-2H3. The number of anilines is 2. The van der Waals surface area contributed by atoms with Crippen LogP contribution < -0.4 is 10.6 Å². The van der Waals surface area contributed by atoms with Gasteiger partial charge in [-0.3, -0.25) is 4.90 Å². The third kappa shape index (κ3) is 3.96. The fourth-order valence-electron chi connectivity index (χ4n) is 2.38. The summed E-state index contributed by atoms with van der Waals surface area (Å²) < 4.78 is 0. The number of rotatable bonds is 3. The minimum atomic E-state index is -0.653. The van der Waals surface area contributed by atoms with E-state index >= 15 is 0 Å². The first-order chi connectivity index (χ1) is 8.85. The number of nitrogens with zero attached hydrogens (tertiary/aromatic N) is 3. The van der Waals surface area contributed by atoms with E-state index in [9.17, 15) is 5.11 Å². The normalized spacial score (nSPS) is 17.8. The number of halogens is 1. The van der Waals surface area contributed by atoms with Gasteiger partial charge in [0.05, 0.1) is 16.3 Å². The van der Waals surface area contributed by atoms with Crippen LogP contribution in [0.3, 0.4) is 0 Å². The summed E-state index contributed by atoms with van der Waals surface area (Å²) in [5.74, 6) is 0.798. The van der Waals surface area contributed by atoms with E-state index in [1.807, 2.05) is 13.8 Å². The van der Waals surface area contributed by atoms with Crippen LogP contribution >= 0.6 is 11.6 Å². The maximum atomic E-state index is 9.83. The van der Waals surface area contributed by atoms with E-state index in [2.05, 4.69) is 14.8 Å². The molecule has 6 heteroatoms. The highest BCUT2D eigenvalue weighted by molar-refractivity contribution is 6.30. The first-order valence-corrected chi connectivity index (χ1v) is 6.84. The van der Waals surface area contributed by atoms with Crippen molar-refractivity contribution in [2.75, 3.05) is 43.4 Å². The molecule has 0 aliphatic carbocycles. The van der Waals surface area contributed by atoms with E-state index in [0.29, 0.717) is 17.3 Å². The lowest BCUT2D eigenvalue weighted by atomic mass is 10.1. The molecule has 2 rings (SSSR count). The molecule has 19 heavy (non-hydrogen) atoms. The van der Waals surface area contributed by atoms with Crippen molar-refractivity contribution in [3.63, 3.8) is 0 Å². The van der Waals surface area contributed by atoms with Crippen molar-refractivity contribution in [3.05, 3.63) is 17.3 Å². The Morgan fingerprint density at radius 2 is 2.00 bits per heavy atom. The van der Waals surface area contributed by atoms with Crippen molar-refractivity contribution in [1.82, 2.24) is 9.88 Å². The number of pyridine rings is 1. The van der Waals surface area contributed by atoms with Crippen molar-refractivity contribution in [2.45, 2.75) is 19.4 Å². The van der Waals surface area contributed by atoms with E-state index in [0.717, 1.165) is 32.0 Å². The van der Waals surface area contributed by atoms with Crippen LogP contribution in [0.2, 0.25) is 5.02 Å². The average Bonchev–Trinajstić information content (AvgIpc) is 2.28. The van der Waals surface area contributed by atoms with Crippen LogP contribution in [0.25, 0.3) is 0 Å². The number of nitrogens with two attached hydrogens (primary N) is 1. The van der Waals surface area contributed by atoms with E-state index in [4.69, 9.17) is 17.3 Å². The van der Waals surface area contributed by atoms with Gasteiger partial charge >= 0.3 is 0 Å². The van der Waals surface area contributed by atoms with Crippen molar-refractivity contribution in [2.24, 2.45) is 0 Å². The first kappa shape index (κ1) is 14.4. The Morgan fingerprint density at radius 1 is 1.37 bits per heavy atom. The summed E-state index contributed by atoms with van der Waals surface area (Å²) in [7, 11) is 0. The van der Waals surface area contributed by atoms with Gasteiger partial charge in [0.15, 0.2) is 5.82 Å². The highest BCUT2D eigenvalue weighted by Crippen LogP contribution is 2.24. The highest BCUT2D eigenvalue weighted by Gasteiger charge is 2.24. The molecule has 106 valence electrons. The largest absolute Gasteiger partial charge is 0.396 e. The fraction of sp³-hybridized carbons (Fsp3) is 0.615. The molecule has 0 amide bonds. The third-order valence-electron chi connectivity index (χ3n) is 3.14. The molecule has 0 saturated carbocycles. The van der Waals surface area contributed by atoms with Crippen molar-refractivity contribution in [3.8, 4) is 0 Å². The Kier molecular flexibility index (Phi) is 4.18. The number of nitrogen functional groups attached to an aromatic ring is 1. The minimum absolute atomic E-state index is 0.557. The zero-order chi connectivity index (χ0) is 14.0. The second kappa shape index (κ2) is 5.53. The first-order valence-electron chi connectivity index (χ1n) is 6.46. The number of aromatic nitrogens is 1. The maximum Gasteiger partial charge on any atom is 0.151 e. The third-order valence-corrected chi connectivity index (χ3v) is 3.35. The van der Waals surface area contributed by atoms with Crippen LogP contribution in [-0.2, 0) is 0 Å². The zero-order valence-electron chi connectivity index (χ0n) is 11.4. The van der Waals surface area contributed by atoms with Gasteiger partial charge in [-0.25, -0.2) is 4.98 Å². The average molecular weight is 285 g/mol. The molecule has 3 N–H and O–H groups in total. The van der Waals surface area contributed by atoms with Crippen LogP contribution in [-0.4, -0.2) is 53.3 Å². The smallest absolute Gasteiger partial charge is 0.151 e. The Bertz CT molecular complexity index is 439.